The van der Waals surface area contributed by atoms with Crippen LogP contribution in [-0.4, -0.2) is 38.7 Å². The van der Waals surface area contributed by atoms with Crippen LogP contribution in [0.2, 0.25) is 0 Å². The van der Waals surface area contributed by atoms with Crippen LogP contribution in [0, 0.1) is 0 Å². The van der Waals surface area contributed by atoms with Crippen molar-refractivity contribution in [1.29, 1.82) is 0 Å². The highest BCUT2D eigenvalue weighted by Crippen LogP contribution is 2.28. The van der Waals surface area contributed by atoms with E-state index in [-0.39, 0.29) is 11.4 Å². The number of hydrogen-bond acceptors (Lipinski definition) is 3. The number of nitrogens with zero attached hydrogens (tertiary/aromatic N) is 4. The first-order chi connectivity index (χ1) is 13.4. The fourth-order valence-corrected chi connectivity index (χ4v) is 3.73. The zero-order valence-electron chi connectivity index (χ0n) is 17.2. The summed E-state index contributed by atoms with van der Waals surface area (Å²) in [6.07, 6.45) is 6.95. The minimum absolute atomic E-state index is 0.0979. The molecule has 1 saturated heterocycles. The monoisotopic (exact) mass is 376 g/mol. The molecule has 28 heavy (non-hydrogen) atoms. The molecule has 5 heteroatoms. The maximum atomic E-state index is 13.3. The molecule has 5 nitrogen and oxygen atoms in total. The number of amides is 1. The van der Waals surface area contributed by atoms with Gasteiger partial charge in [-0.3, -0.25) is 9.48 Å². The largest absolute Gasteiger partial charge is 0.339 e. The van der Waals surface area contributed by atoms with Gasteiger partial charge in [-0.1, -0.05) is 13.0 Å². The van der Waals surface area contributed by atoms with Crippen LogP contribution in [-0.2, 0) is 12.0 Å². The molecule has 146 valence electrons. The predicted molar refractivity (Wildman–Crippen MR) is 112 cm³/mol. The van der Waals surface area contributed by atoms with Crippen LogP contribution >= 0.6 is 0 Å². The maximum Gasteiger partial charge on any atom is 0.254 e. The summed E-state index contributed by atoms with van der Waals surface area (Å²) < 4.78 is 1.94. The van der Waals surface area contributed by atoms with Gasteiger partial charge in [-0.2, -0.15) is 5.10 Å². The van der Waals surface area contributed by atoms with E-state index in [0.29, 0.717) is 0 Å². The van der Waals surface area contributed by atoms with Gasteiger partial charge in [0.15, 0.2) is 0 Å². The van der Waals surface area contributed by atoms with Gasteiger partial charge in [0.2, 0.25) is 0 Å². The molecule has 0 atom stereocenters. The molecule has 4 rings (SSSR count). The number of carbonyl (C=O) groups excluding carboxylic acids is 1. The first kappa shape index (κ1) is 18.7. The highest BCUT2D eigenvalue weighted by atomic mass is 16.2. The van der Waals surface area contributed by atoms with E-state index >= 15 is 0 Å². The maximum absolute atomic E-state index is 13.3. The summed E-state index contributed by atoms with van der Waals surface area (Å²) in [6.45, 7) is 10.2. The van der Waals surface area contributed by atoms with E-state index in [0.717, 1.165) is 60.1 Å². The molecule has 1 amide bonds. The van der Waals surface area contributed by atoms with Crippen LogP contribution in [0.15, 0.2) is 36.7 Å². The van der Waals surface area contributed by atoms with Crippen molar-refractivity contribution in [3.8, 4) is 11.3 Å². The molecule has 0 bridgehead atoms. The highest BCUT2D eigenvalue weighted by molar-refractivity contribution is 6.07. The van der Waals surface area contributed by atoms with Crippen LogP contribution in [0.25, 0.3) is 22.2 Å². The smallest absolute Gasteiger partial charge is 0.254 e. The van der Waals surface area contributed by atoms with Crippen molar-refractivity contribution in [1.82, 2.24) is 19.7 Å². The Morgan fingerprint density at radius 2 is 1.89 bits per heavy atom. The first-order valence-electron chi connectivity index (χ1n) is 10.2. The lowest BCUT2D eigenvalue weighted by Gasteiger charge is -2.19. The molecule has 1 fully saturated rings. The number of fused-ring (bicyclic) bond motifs is 1. The Morgan fingerprint density at radius 3 is 2.54 bits per heavy atom. The standard InChI is InChI=1S/C23H28N4O/c1-5-16-8-9-20-18(12-16)19(22(28)26-10-6-7-11-26)13-21(25-20)17-14-24-27(15-17)23(2,3)4/h8-9,12-15H,5-7,10-11H2,1-4H3. The van der Waals surface area contributed by atoms with Crippen LogP contribution < -0.4 is 0 Å². The Hall–Kier alpha value is -2.69. The molecule has 0 radical (unpaired) electrons. The van der Waals surface area contributed by atoms with Crippen molar-refractivity contribution in [3.05, 3.63) is 47.8 Å². The first-order valence-corrected chi connectivity index (χ1v) is 10.2. The Morgan fingerprint density at radius 1 is 1.14 bits per heavy atom. The van der Waals surface area contributed by atoms with E-state index in [1.165, 1.54) is 5.56 Å². The van der Waals surface area contributed by atoms with E-state index < -0.39 is 0 Å². The number of aromatic nitrogens is 3. The summed E-state index contributed by atoms with van der Waals surface area (Å²) in [7, 11) is 0. The normalized spacial score (nSPS) is 14.8. The summed E-state index contributed by atoms with van der Waals surface area (Å²) >= 11 is 0. The van der Waals surface area contributed by atoms with E-state index in [9.17, 15) is 4.79 Å². The molecule has 0 aliphatic carbocycles. The van der Waals surface area contributed by atoms with Gasteiger partial charge in [-0.25, -0.2) is 4.98 Å². The topological polar surface area (TPSA) is 51.0 Å². The van der Waals surface area contributed by atoms with Gasteiger partial charge < -0.3 is 4.90 Å². The number of carbonyl (C=O) groups is 1. The second-order valence-electron chi connectivity index (χ2n) is 8.60. The zero-order valence-corrected chi connectivity index (χ0v) is 17.2. The molecular weight excluding hydrogens is 348 g/mol. The lowest BCUT2D eigenvalue weighted by molar-refractivity contribution is 0.0794. The summed E-state index contributed by atoms with van der Waals surface area (Å²) in [6, 6.07) is 8.20. The number of hydrogen-bond donors (Lipinski definition) is 0. The van der Waals surface area contributed by atoms with Crippen LogP contribution in [0.3, 0.4) is 0 Å². The van der Waals surface area contributed by atoms with Crippen molar-refractivity contribution >= 4 is 16.8 Å². The van der Waals surface area contributed by atoms with Crippen molar-refractivity contribution in [2.75, 3.05) is 13.1 Å². The second-order valence-corrected chi connectivity index (χ2v) is 8.60. The average Bonchev–Trinajstić information content (AvgIpc) is 3.37. The Bertz CT molecular complexity index is 1020. The van der Waals surface area contributed by atoms with Crippen LogP contribution in [0.5, 0.6) is 0 Å². The summed E-state index contributed by atoms with van der Waals surface area (Å²) in [5, 5.41) is 5.45. The molecule has 0 N–H and O–H groups in total. The molecule has 3 heterocycles. The van der Waals surface area contributed by atoms with Gasteiger partial charge in [-0.15, -0.1) is 0 Å². The molecule has 1 aliphatic rings. The molecule has 0 unspecified atom stereocenters. The van der Waals surface area contributed by atoms with Crippen molar-refractivity contribution in [3.63, 3.8) is 0 Å². The molecule has 1 aliphatic heterocycles. The van der Waals surface area contributed by atoms with Gasteiger partial charge in [0.25, 0.3) is 5.91 Å². The van der Waals surface area contributed by atoms with Gasteiger partial charge in [0.05, 0.1) is 28.5 Å². The number of rotatable bonds is 3. The SMILES string of the molecule is CCc1ccc2nc(-c3cnn(C(C)(C)C)c3)cc(C(=O)N3CCCC3)c2c1. The highest BCUT2D eigenvalue weighted by Gasteiger charge is 2.23. The molecule has 0 saturated carbocycles. The van der Waals surface area contributed by atoms with Crippen molar-refractivity contribution in [2.45, 2.75) is 52.5 Å². The number of aryl methyl sites for hydroxylation is 1. The third-order valence-electron chi connectivity index (χ3n) is 5.47. The molecule has 0 spiro atoms. The Kier molecular flexibility index (Phi) is 4.69. The third-order valence-corrected chi connectivity index (χ3v) is 5.47. The van der Waals surface area contributed by atoms with Gasteiger partial charge >= 0.3 is 0 Å². The minimum Gasteiger partial charge on any atom is -0.339 e. The second kappa shape index (κ2) is 7.04. The van der Waals surface area contributed by atoms with E-state index in [2.05, 4.69) is 44.9 Å². The fraction of sp³-hybridized carbons (Fsp3) is 0.435. The van der Waals surface area contributed by atoms with Gasteiger partial charge in [0, 0.05) is 30.2 Å². The van der Waals surface area contributed by atoms with E-state index in [4.69, 9.17) is 4.98 Å². The average molecular weight is 377 g/mol. The van der Waals surface area contributed by atoms with Crippen molar-refractivity contribution in [2.24, 2.45) is 0 Å². The molecular formula is C23H28N4O. The number of benzene rings is 1. The lowest BCUT2D eigenvalue weighted by atomic mass is 10.0. The lowest BCUT2D eigenvalue weighted by Crippen LogP contribution is -2.28. The molecule has 3 aromatic rings. The Balaban J connectivity index is 1.86. The number of pyridine rings is 1. The van der Waals surface area contributed by atoms with Crippen molar-refractivity contribution < 1.29 is 4.79 Å². The van der Waals surface area contributed by atoms with Gasteiger partial charge in [-0.05, 0) is 63.8 Å². The minimum atomic E-state index is -0.0979. The van der Waals surface area contributed by atoms with E-state index in [1.807, 2.05) is 34.1 Å². The van der Waals surface area contributed by atoms with Crippen LogP contribution in [0.4, 0.5) is 0 Å². The molecule has 1 aromatic carbocycles. The fourth-order valence-electron chi connectivity index (χ4n) is 3.73. The summed E-state index contributed by atoms with van der Waals surface area (Å²) in [5.41, 5.74) is 4.47. The molecule has 2 aromatic heterocycles. The van der Waals surface area contributed by atoms with E-state index in [1.54, 1.807) is 0 Å². The predicted octanol–water partition coefficient (Wildman–Crippen LogP) is 4.65. The summed E-state index contributed by atoms with van der Waals surface area (Å²) in [5.74, 6) is 0.114. The quantitative estimate of drug-likeness (QED) is 0.668. The zero-order chi connectivity index (χ0) is 19.9. The van der Waals surface area contributed by atoms with Gasteiger partial charge in [0.1, 0.15) is 0 Å². The third kappa shape index (κ3) is 3.41. The summed E-state index contributed by atoms with van der Waals surface area (Å²) in [4.78, 5) is 20.1. The number of likely N-dealkylation sites (tertiary alicyclic amines) is 1. The Labute approximate surface area is 166 Å². The van der Waals surface area contributed by atoms with Crippen LogP contribution in [0.1, 0.15) is 56.5 Å².